The maximum atomic E-state index is 10.9. The number of amides is 1. The summed E-state index contributed by atoms with van der Waals surface area (Å²) in [5.41, 5.74) is 5.22. The van der Waals surface area contributed by atoms with Crippen LogP contribution >= 0.6 is 0 Å². The van der Waals surface area contributed by atoms with Gasteiger partial charge in [-0.25, -0.2) is 0 Å². The molecule has 1 amide bonds. The van der Waals surface area contributed by atoms with E-state index in [1.807, 2.05) is 6.92 Å². The van der Waals surface area contributed by atoms with Crippen molar-refractivity contribution in [3.8, 4) is 0 Å². The van der Waals surface area contributed by atoms with E-state index in [1.165, 1.54) is 32.1 Å². The number of nitrogens with one attached hydrogen (secondary N) is 1. The minimum absolute atomic E-state index is 0.0592. The molecule has 15 heavy (non-hydrogen) atoms. The normalized spacial score (nSPS) is 22.3. The van der Waals surface area contributed by atoms with Crippen molar-refractivity contribution in [3.05, 3.63) is 0 Å². The largest absolute Gasteiger partial charge is 0.369 e. The molecule has 0 bridgehead atoms. The fourth-order valence-corrected chi connectivity index (χ4v) is 2.26. The van der Waals surface area contributed by atoms with Crippen LogP contribution in [0.2, 0.25) is 0 Å². The highest BCUT2D eigenvalue weighted by Crippen LogP contribution is 2.26. The van der Waals surface area contributed by atoms with Gasteiger partial charge in [-0.15, -0.1) is 0 Å². The third-order valence-corrected chi connectivity index (χ3v) is 3.59. The van der Waals surface area contributed by atoms with Gasteiger partial charge in [0.15, 0.2) is 0 Å². The summed E-state index contributed by atoms with van der Waals surface area (Å²) < 4.78 is 0. The first kappa shape index (κ1) is 12.5. The lowest BCUT2D eigenvalue weighted by molar-refractivity contribution is -0.121. The Bertz CT molecular complexity index is 200. The van der Waals surface area contributed by atoms with E-state index in [0.29, 0.717) is 12.6 Å². The molecule has 0 aromatic carbocycles. The average Bonchev–Trinajstić information content (AvgIpc) is 2.26. The van der Waals surface area contributed by atoms with Gasteiger partial charge in [-0.3, -0.25) is 4.79 Å². The molecule has 0 radical (unpaired) electrons. The van der Waals surface area contributed by atoms with Crippen molar-refractivity contribution in [2.45, 2.75) is 52.0 Å². The van der Waals surface area contributed by atoms with Crippen LogP contribution in [0.3, 0.4) is 0 Å². The van der Waals surface area contributed by atoms with E-state index in [2.05, 4.69) is 12.2 Å². The van der Waals surface area contributed by atoms with Gasteiger partial charge in [0, 0.05) is 18.5 Å². The molecular weight excluding hydrogens is 188 g/mol. The van der Waals surface area contributed by atoms with Crippen LogP contribution in [0.25, 0.3) is 0 Å². The van der Waals surface area contributed by atoms with E-state index in [-0.39, 0.29) is 11.8 Å². The number of hydrogen-bond acceptors (Lipinski definition) is 2. The summed E-state index contributed by atoms with van der Waals surface area (Å²) in [6.07, 6.45) is 6.78. The lowest BCUT2D eigenvalue weighted by atomic mass is 9.84. The molecule has 0 spiro atoms. The summed E-state index contributed by atoms with van der Waals surface area (Å²) in [7, 11) is 0. The highest BCUT2D eigenvalue weighted by atomic mass is 16.1. The number of primary amides is 1. The fraction of sp³-hybridized carbons (Fsp3) is 0.917. The molecule has 0 saturated heterocycles. The van der Waals surface area contributed by atoms with Crippen molar-refractivity contribution < 1.29 is 4.79 Å². The summed E-state index contributed by atoms with van der Waals surface area (Å²) >= 11 is 0. The monoisotopic (exact) mass is 212 g/mol. The van der Waals surface area contributed by atoms with Crippen LogP contribution in [0.5, 0.6) is 0 Å². The van der Waals surface area contributed by atoms with Crippen molar-refractivity contribution >= 4 is 5.91 Å². The van der Waals surface area contributed by atoms with Gasteiger partial charge in [0.05, 0.1) is 0 Å². The summed E-state index contributed by atoms with van der Waals surface area (Å²) in [6.45, 7) is 4.82. The molecule has 88 valence electrons. The zero-order valence-electron chi connectivity index (χ0n) is 9.96. The second-order valence-corrected chi connectivity index (χ2v) is 4.90. The van der Waals surface area contributed by atoms with Gasteiger partial charge >= 0.3 is 0 Å². The van der Waals surface area contributed by atoms with Gasteiger partial charge in [0.25, 0.3) is 0 Å². The van der Waals surface area contributed by atoms with Crippen LogP contribution in [0.15, 0.2) is 0 Å². The van der Waals surface area contributed by atoms with Crippen molar-refractivity contribution in [1.82, 2.24) is 5.32 Å². The van der Waals surface area contributed by atoms with Gasteiger partial charge < -0.3 is 11.1 Å². The molecule has 3 N–H and O–H groups in total. The van der Waals surface area contributed by atoms with Gasteiger partial charge in [0.1, 0.15) is 0 Å². The Balaban J connectivity index is 2.22. The predicted molar refractivity (Wildman–Crippen MR) is 62.4 cm³/mol. The number of rotatable bonds is 5. The van der Waals surface area contributed by atoms with Gasteiger partial charge in [-0.2, -0.15) is 0 Å². The third kappa shape index (κ3) is 4.20. The molecule has 3 nitrogen and oxygen atoms in total. The quantitative estimate of drug-likeness (QED) is 0.728. The first-order valence-corrected chi connectivity index (χ1v) is 6.14. The van der Waals surface area contributed by atoms with E-state index in [0.717, 1.165) is 5.92 Å². The molecule has 1 unspecified atom stereocenters. The molecule has 3 heteroatoms. The SMILES string of the molecule is CC(CN[C@H](C)C1CCCCC1)C(N)=O. The predicted octanol–water partition coefficient (Wildman–Crippen LogP) is 1.67. The molecule has 1 saturated carbocycles. The average molecular weight is 212 g/mol. The van der Waals surface area contributed by atoms with E-state index in [4.69, 9.17) is 5.73 Å². The standard InChI is InChI=1S/C12H24N2O/c1-9(12(13)15)8-14-10(2)11-6-4-3-5-7-11/h9-11,14H,3-8H2,1-2H3,(H2,13,15)/t9?,10-/m1/s1. The summed E-state index contributed by atoms with van der Waals surface area (Å²) in [4.78, 5) is 10.9. The van der Waals surface area contributed by atoms with Crippen molar-refractivity contribution in [2.24, 2.45) is 17.6 Å². The van der Waals surface area contributed by atoms with E-state index in [9.17, 15) is 4.79 Å². The van der Waals surface area contributed by atoms with Gasteiger partial charge in [-0.05, 0) is 25.7 Å². The van der Waals surface area contributed by atoms with Crippen LogP contribution in [-0.2, 0) is 4.79 Å². The molecule has 0 heterocycles. The van der Waals surface area contributed by atoms with Crippen LogP contribution in [0, 0.1) is 11.8 Å². The van der Waals surface area contributed by atoms with Gasteiger partial charge in [0.2, 0.25) is 5.91 Å². The third-order valence-electron chi connectivity index (χ3n) is 3.59. The Kier molecular flexibility index (Phi) is 5.09. The Morgan fingerprint density at radius 2 is 1.93 bits per heavy atom. The van der Waals surface area contributed by atoms with Crippen LogP contribution in [0.1, 0.15) is 46.0 Å². The highest BCUT2D eigenvalue weighted by molar-refractivity contribution is 5.76. The molecule has 0 aliphatic heterocycles. The minimum Gasteiger partial charge on any atom is -0.369 e. The summed E-state index contributed by atoms with van der Waals surface area (Å²) in [6, 6.07) is 0.520. The van der Waals surface area contributed by atoms with Crippen LogP contribution in [-0.4, -0.2) is 18.5 Å². The highest BCUT2D eigenvalue weighted by Gasteiger charge is 2.20. The smallest absolute Gasteiger partial charge is 0.221 e. The zero-order valence-corrected chi connectivity index (χ0v) is 9.96. The Morgan fingerprint density at radius 1 is 1.33 bits per heavy atom. The first-order valence-electron chi connectivity index (χ1n) is 6.14. The van der Waals surface area contributed by atoms with E-state index in [1.54, 1.807) is 0 Å². The van der Waals surface area contributed by atoms with Crippen LogP contribution < -0.4 is 11.1 Å². The molecule has 1 aliphatic rings. The molecule has 1 fully saturated rings. The topological polar surface area (TPSA) is 55.1 Å². The van der Waals surface area contributed by atoms with Crippen molar-refractivity contribution in [1.29, 1.82) is 0 Å². The summed E-state index contributed by atoms with van der Waals surface area (Å²) in [5.74, 6) is 0.521. The minimum atomic E-state index is -0.210. The molecule has 0 aromatic rings. The molecule has 1 rings (SSSR count). The second kappa shape index (κ2) is 6.11. The maximum absolute atomic E-state index is 10.9. The van der Waals surface area contributed by atoms with Crippen molar-refractivity contribution in [3.63, 3.8) is 0 Å². The van der Waals surface area contributed by atoms with Gasteiger partial charge in [-0.1, -0.05) is 26.2 Å². The van der Waals surface area contributed by atoms with Crippen molar-refractivity contribution in [2.75, 3.05) is 6.54 Å². The number of hydrogen-bond donors (Lipinski definition) is 2. The van der Waals surface area contributed by atoms with E-state index < -0.39 is 0 Å². The Morgan fingerprint density at radius 3 is 2.47 bits per heavy atom. The Hall–Kier alpha value is -0.570. The molecule has 1 aliphatic carbocycles. The number of nitrogens with two attached hydrogens (primary N) is 1. The lowest BCUT2D eigenvalue weighted by Crippen LogP contribution is -2.40. The fourth-order valence-electron chi connectivity index (χ4n) is 2.26. The summed E-state index contributed by atoms with van der Waals surface area (Å²) in [5, 5.41) is 3.43. The van der Waals surface area contributed by atoms with Crippen LogP contribution in [0.4, 0.5) is 0 Å². The lowest BCUT2D eigenvalue weighted by Gasteiger charge is -2.29. The second-order valence-electron chi connectivity index (χ2n) is 4.90. The first-order chi connectivity index (χ1) is 7.11. The number of carbonyl (C=O) groups excluding carboxylic acids is 1. The maximum Gasteiger partial charge on any atom is 0.221 e. The zero-order chi connectivity index (χ0) is 11.3. The molecule has 2 atom stereocenters. The Labute approximate surface area is 92.8 Å². The molecule has 0 aromatic heterocycles. The van der Waals surface area contributed by atoms with E-state index >= 15 is 0 Å². The molecular formula is C12H24N2O. The number of carbonyl (C=O) groups is 1.